The van der Waals surface area contributed by atoms with Gasteiger partial charge in [-0.25, -0.2) is 0 Å². The summed E-state index contributed by atoms with van der Waals surface area (Å²) in [5, 5.41) is 10.8. The van der Waals surface area contributed by atoms with Gasteiger partial charge in [-0.1, -0.05) is 31.0 Å². The monoisotopic (exact) mass is 238 g/mol. The zero-order valence-corrected chi connectivity index (χ0v) is 10.8. The molecule has 1 heterocycles. The topological polar surface area (TPSA) is 28.7 Å². The van der Waals surface area contributed by atoms with Crippen molar-refractivity contribution >= 4 is 10.9 Å². The zero-order valence-electron chi connectivity index (χ0n) is 10.8. The van der Waals surface area contributed by atoms with Crippen molar-refractivity contribution in [2.45, 2.75) is 31.6 Å². The molecule has 0 aliphatic heterocycles. The minimum atomic E-state index is 0.0681. The number of para-hydroxylation sites is 1. The van der Waals surface area contributed by atoms with E-state index in [0.29, 0.717) is 5.92 Å². The molecule has 1 aromatic carbocycles. The fourth-order valence-corrected chi connectivity index (χ4v) is 3.34. The third-order valence-corrected chi connectivity index (χ3v) is 4.27. The summed E-state index contributed by atoms with van der Waals surface area (Å²) in [6.07, 6.45) is 7.14. The molecule has 1 aliphatic rings. The summed E-state index contributed by atoms with van der Waals surface area (Å²) in [6.45, 7) is 0. The van der Waals surface area contributed by atoms with Gasteiger partial charge in [0.15, 0.2) is 0 Å². The molecule has 0 saturated heterocycles. The molecule has 1 aromatic heterocycles. The molecule has 1 aliphatic carbocycles. The van der Waals surface area contributed by atoms with Crippen molar-refractivity contribution in [1.82, 2.24) is 4.57 Å². The van der Waals surface area contributed by atoms with Crippen molar-refractivity contribution in [3.8, 4) is 6.07 Å². The first-order valence-electron chi connectivity index (χ1n) is 6.75. The largest absolute Gasteiger partial charge is 0.350 e. The van der Waals surface area contributed by atoms with Crippen LogP contribution in [0.2, 0.25) is 0 Å². The number of aromatic nitrogens is 1. The van der Waals surface area contributed by atoms with Crippen LogP contribution in [0, 0.1) is 17.2 Å². The molecule has 0 bridgehead atoms. The molecule has 0 amide bonds. The first-order valence-corrected chi connectivity index (χ1v) is 6.75. The van der Waals surface area contributed by atoms with Gasteiger partial charge in [-0.2, -0.15) is 5.26 Å². The fraction of sp³-hybridized carbons (Fsp3) is 0.438. The highest BCUT2D eigenvalue weighted by molar-refractivity contribution is 5.84. The van der Waals surface area contributed by atoms with Crippen LogP contribution in [0.4, 0.5) is 0 Å². The average molecular weight is 238 g/mol. The Kier molecular flexibility index (Phi) is 2.83. The van der Waals surface area contributed by atoms with Crippen LogP contribution >= 0.6 is 0 Å². The van der Waals surface area contributed by atoms with Crippen molar-refractivity contribution in [1.29, 1.82) is 5.26 Å². The quantitative estimate of drug-likeness (QED) is 0.778. The van der Waals surface area contributed by atoms with E-state index in [1.807, 2.05) is 0 Å². The fourth-order valence-electron chi connectivity index (χ4n) is 3.34. The number of rotatable bonds is 2. The van der Waals surface area contributed by atoms with Gasteiger partial charge in [-0.3, -0.25) is 0 Å². The van der Waals surface area contributed by atoms with Crippen molar-refractivity contribution in [3.63, 3.8) is 0 Å². The summed E-state index contributed by atoms with van der Waals surface area (Å²) in [5.74, 6) is 0.624. The van der Waals surface area contributed by atoms with Crippen LogP contribution in [0.25, 0.3) is 10.9 Å². The molecule has 1 atom stereocenters. The normalized spacial score (nSPS) is 18.0. The molecule has 3 rings (SSSR count). The number of aryl methyl sites for hydroxylation is 1. The summed E-state index contributed by atoms with van der Waals surface area (Å²) >= 11 is 0. The van der Waals surface area contributed by atoms with E-state index in [1.165, 1.54) is 42.1 Å². The number of benzene rings is 1. The van der Waals surface area contributed by atoms with E-state index in [0.717, 1.165) is 0 Å². The lowest BCUT2D eigenvalue weighted by Gasteiger charge is -2.15. The highest BCUT2D eigenvalue weighted by atomic mass is 14.9. The van der Waals surface area contributed by atoms with Gasteiger partial charge < -0.3 is 4.57 Å². The Balaban J connectivity index is 2.10. The molecule has 0 N–H and O–H groups in total. The van der Waals surface area contributed by atoms with Crippen molar-refractivity contribution in [2.75, 3.05) is 0 Å². The van der Waals surface area contributed by atoms with Crippen LogP contribution in [0.1, 0.15) is 37.2 Å². The molecule has 1 unspecified atom stereocenters. The summed E-state index contributed by atoms with van der Waals surface area (Å²) in [6, 6.07) is 10.9. The number of hydrogen-bond donors (Lipinski definition) is 0. The highest BCUT2D eigenvalue weighted by Gasteiger charge is 2.28. The standard InChI is InChI=1S/C16H18N2/c1-18-11-15(13-8-4-5-9-16(13)18)14(10-17)12-6-2-3-7-12/h4-5,8-9,11-12,14H,2-3,6-7H2,1H3. The minimum absolute atomic E-state index is 0.0681. The Labute approximate surface area is 108 Å². The lowest BCUT2D eigenvalue weighted by atomic mass is 9.86. The van der Waals surface area contributed by atoms with E-state index in [4.69, 9.17) is 0 Å². The van der Waals surface area contributed by atoms with Crippen molar-refractivity contribution < 1.29 is 0 Å². The maximum Gasteiger partial charge on any atom is 0.0761 e. The average Bonchev–Trinajstić information content (AvgIpc) is 3.01. The molecule has 2 heteroatoms. The number of nitriles is 1. The molecule has 92 valence electrons. The second-order valence-corrected chi connectivity index (χ2v) is 5.36. The Morgan fingerprint density at radius 1 is 1.28 bits per heavy atom. The predicted molar refractivity (Wildman–Crippen MR) is 73.2 cm³/mol. The van der Waals surface area contributed by atoms with Gasteiger partial charge >= 0.3 is 0 Å². The molecule has 0 radical (unpaired) electrons. The molecule has 2 aromatic rings. The maximum atomic E-state index is 9.55. The van der Waals surface area contributed by atoms with Crippen LogP contribution in [0.3, 0.4) is 0 Å². The maximum absolute atomic E-state index is 9.55. The van der Waals surface area contributed by atoms with Gasteiger partial charge in [-0.05, 0) is 30.4 Å². The van der Waals surface area contributed by atoms with E-state index in [2.05, 4.69) is 48.1 Å². The minimum Gasteiger partial charge on any atom is -0.350 e. The lowest BCUT2D eigenvalue weighted by Crippen LogP contribution is -2.07. The zero-order chi connectivity index (χ0) is 12.5. The second-order valence-electron chi connectivity index (χ2n) is 5.36. The smallest absolute Gasteiger partial charge is 0.0761 e. The molecule has 1 fully saturated rings. The SMILES string of the molecule is Cn1cc(C(C#N)C2CCCC2)c2ccccc21. The van der Waals surface area contributed by atoms with Gasteiger partial charge in [0.1, 0.15) is 0 Å². The Morgan fingerprint density at radius 3 is 2.72 bits per heavy atom. The van der Waals surface area contributed by atoms with Crippen molar-refractivity contribution in [2.24, 2.45) is 13.0 Å². The summed E-state index contributed by atoms with van der Waals surface area (Å²) in [7, 11) is 2.06. The summed E-state index contributed by atoms with van der Waals surface area (Å²) in [5.41, 5.74) is 2.45. The molecule has 2 nitrogen and oxygen atoms in total. The lowest BCUT2D eigenvalue weighted by molar-refractivity contribution is 0.502. The van der Waals surface area contributed by atoms with E-state index in [9.17, 15) is 5.26 Å². The molecular weight excluding hydrogens is 220 g/mol. The van der Waals surface area contributed by atoms with Crippen molar-refractivity contribution in [3.05, 3.63) is 36.0 Å². The van der Waals surface area contributed by atoms with E-state index < -0.39 is 0 Å². The van der Waals surface area contributed by atoms with Gasteiger partial charge in [0.25, 0.3) is 0 Å². The Bertz CT molecular complexity index is 597. The molecule has 18 heavy (non-hydrogen) atoms. The van der Waals surface area contributed by atoms with Gasteiger partial charge in [0.05, 0.1) is 12.0 Å². The summed E-state index contributed by atoms with van der Waals surface area (Å²) in [4.78, 5) is 0. The first kappa shape index (κ1) is 11.3. The van der Waals surface area contributed by atoms with Crippen LogP contribution in [0.5, 0.6) is 0 Å². The first-order chi connectivity index (χ1) is 8.81. The number of fused-ring (bicyclic) bond motifs is 1. The Morgan fingerprint density at radius 2 is 2.00 bits per heavy atom. The molecule has 0 spiro atoms. The van der Waals surface area contributed by atoms with Crippen LogP contribution in [0.15, 0.2) is 30.5 Å². The van der Waals surface area contributed by atoms with E-state index in [1.54, 1.807) is 0 Å². The van der Waals surface area contributed by atoms with Gasteiger partial charge in [-0.15, -0.1) is 0 Å². The van der Waals surface area contributed by atoms with E-state index >= 15 is 0 Å². The number of nitrogens with zero attached hydrogens (tertiary/aromatic N) is 2. The van der Waals surface area contributed by atoms with E-state index in [-0.39, 0.29) is 5.92 Å². The second kappa shape index (κ2) is 4.49. The Hall–Kier alpha value is -1.75. The van der Waals surface area contributed by atoms with Crippen LogP contribution in [-0.2, 0) is 7.05 Å². The van der Waals surface area contributed by atoms with Gasteiger partial charge in [0, 0.05) is 24.1 Å². The number of hydrogen-bond acceptors (Lipinski definition) is 1. The highest BCUT2D eigenvalue weighted by Crippen LogP contribution is 2.39. The van der Waals surface area contributed by atoms with Crippen LogP contribution in [-0.4, -0.2) is 4.57 Å². The summed E-state index contributed by atoms with van der Waals surface area (Å²) < 4.78 is 2.14. The third-order valence-electron chi connectivity index (χ3n) is 4.27. The molecular formula is C16H18N2. The predicted octanol–water partition coefficient (Wildman–Crippen LogP) is 3.98. The molecule has 1 saturated carbocycles. The third kappa shape index (κ3) is 1.71. The van der Waals surface area contributed by atoms with Crippen LogP contribution < -0.4 is 0 Å². The van der Waals surface area contributed by atoms with Gasteiger partial charge in [0.2, 0.25) is 0 Å².